The third kappa shape index (κ3) is 2.31. The summed E-state index contributed by atoms with van der Waals surface area (Å²) in [6.07, 6.45) is 1.20. The minimum atomic E-state index is 0.176. The summed E-state index contributed by atoms with van der Waals surface area (Å²) in [6, 6.07) is 0. The quantitative estimate of drug-likeness (QED) is 0.747. The zero-order valence-corrected chi connectivity index (χ0v) is 8.85. The molecule has 0 saturated carbocycles. The molecule has 0 radical (unpaired) electrons. The first-order valence-electron chi connectivity index (χ1n) is 4.19. The Morgan fingerprint density at radius 2 is 2.23 bits per heavy atom. The summed E-state index contributed by atoms with van der Waals surface area (Å²) in [7, 11) is 1.84. The molecule has 1 aromatic rings. The van der Waals surface area contributed by atoms with E-state index in [1.807, 2.05) is 14.0 Å². The molecular weight excluding hydrogens is 188 g/mol. The van der Waals surface area contributed by atoms with E-state index in [0.29, 0.717) is 17.9 Å². The van der Waals surface area contributed by atoms with E-state index in [1.165, 1.54) is 0 Å². The molecule has 0 N–H and O–H groups in total. The summed E-state index contributed by atoms with van der Waals surface area (Å²) in [5, 5.41) is 4.85. The molecule has 0 unspecified atom stereocenters. The Morgan fingerprint density at radius 3 is 2.62 bits per heavy atom. The normalized spacial score (nSPS) is 10.5. The molecule has 0 fully saturated rings. The predicted octanol–water partition coefficient (Wildman–Crippen LogP) is 1.90. The fraction of sp³-hybridized carbons (Fsp3) is 0.556. The van der Waals surface area contributed by atoms with Crippen LogP contribution < -0.4 is 0 Å². The molecule has 0 amide bonds. The molecule has 0 saturated heterocycles. The van der Waals surface area contributed by atoms with Gasteiger partial charge in [-0.3, -0.25) is 4.68 Å². The maximum atomic E-state index is 10.8. The number of hydrogen-bond donors (Lipinski definition) is 0. The number of Topliss-reactive ketones (excluding diaryl/α,β-unsaturated/α-hetero) is 1. The van der Waals surface area contributed by atoms with Crippen molar-refractivity contribution in [3.63, 3.8) is 0 Å². The number of rotatable bonds is 3. The number of aromatic nitrogens is 2. The summed E-state index contributed by atoms with van der Waals surface area (Å²) in [5.74, 6) is 0.176. The highest BCUT2D eigenvalue weighted by molar-refractivity contribution is 6.31. The van der Waals surface area contributed by atoms with Crippen molar-refractivity contribution in [1.82, 2.24) is 9.78 Å². The Morgan fingerprint density at radius 1 is 1.62 bits per heavy atom. The maximum Gasteiger partial charge on any atom is 0.130 e. The maximum absolute atomic E-state index is 10.8. The van der Waals surface area contributed by atoms with Crippen molar-refractivity contribution in [3.05, 3.63) is 16.4 Å². The minimum Gasteiger partial charge on any atom is -0.300 e. The topological polar surface area (TPSA) is 34.9 Å². The summed E-state index contributed by atoms with van der Waals surface area (Å²) in [4.78, 5) is 10.8. The predicted molar refractivity (Wildman–Crippen MR) is 52.0 cm³/mol. The van der Waals surface area contributed by atoms with Crippen molar-refractivity contribution in [2.45, 2.75) is 26.7 Å². The second-order valence-corrected chi connectivity index (χ2v) is 3.55. The summed E-state index contributed by atoms with van der Waals surface area (Å²) in [6.45, 7) is 3.44. The largest absolute Gasteiger partial charge is 0.300 e. The molecule has 1 aromatic heterocycles. The monoisotopic (exact) mass is 200 g/mol. The van der Waals surface area contributed by atoms with Gasteiger partial charge in [0.15, 0.2) is 0 Å². The molecule has 0 bridgehead atoms. The third-order valence-corrected chi connectivity index (χ3v) is 2.47. The standard InChI is InChI=1S/C9H13ClN2O/c1-6(13)4-5-8-9(10)7(2)11-12(8)3/h4-5H2,1-3H3. The van der Waals surface area contributed by atoms with Gasteiger partial charge >= 0.3 is 0 Å². The lowest BCUT2D eigenvalue weighted by atomic mass is 10.2. The van der Waals surface area contributed by atoms with Crippen LogP contribution in [0.15, 0.2) is 0 Å². The molecule has 0 atom stereocenters. The lowest BCUT2D eigenvalue weighted by molar-refractivity contribution is -0.117. The van der Waals surface area contributed by atoms with Crippen LogP contribution in [0, 0.1) is 6.92 Å². The van der Waals surface area contributed by atoms with Gasteiger partial charge in [0.05, 0.1) is 16.4 Å². The van der Waals surface area contributed by atoms with Crippen LogP contribution in [0.4, 0.5) is 0 Å². The van der Waals surface area contributed by atoms with Crippen molar-refractivity contribution in [2.24, 2.45) is 7.05 Å². The first kappa shape index (κ1) is 10.3. The van der Waals surface area contributed by atoms with Crippen molar-refractivity contribution in [2.75, 3.05) is 0 Å². The van der Waals surface area contributed by atoms with Crippen LogP contribution in [0.1, 0.15) is 24.7 Å². The van der Waals surface area contributed by atoms with E-state index in [-0.39, 0.29) is 5.78 Å². The zero-order valence-electron chi connectivity index (χ0n) is 8.09. The second-order valence-electron chi connectivity index (χ2n) is 3.17. The Kier molecular flexibility index (Phi) is 3.09. The highest BCUT2D eigenvalue weighted by Gasteiger charge is 2.10. The van der Waals surface area contributed by atoms with Crippen LogP contribution in [0.5, 0.6) is 0 Å². The van der Waals surface area contributed by atoms with E-state index >= 15 is 0 Å². The molecule has 13 heavy (non-hydrogen) atoms. The fourth-order valence-corrected chi connectivity index (χ4v) is 1.50. The van der Waals surface area contributed by atoms with Gasteiger partial charge in [-0.25, -0.2) is 0 Å². The smallest absolute Gasteiger partial charge is 0.130 e. The Hall–Kier alpha value is -0.830. The molecule has 0 aromatic carbocycles. The average Bonchev–Trinajstić information content (AvgIpc) is 2.24. The molecule has 72 valence electrons. The number of nitrogens with zero attached hydrogens (tertiary/aromatic N) is 2. The van der Waals surface area contributed by atoms with Gasteiger partial charge in [0.2, 0.25) is 0 Å². The van der Waals surface area contributed by atoms with E-state index in [0.717, 1.165) is 11.4 Å². The molecule has 0 aliphatic carbocycles. The lowest BCUT2D eigenvalue weighted by Gasteiger charge is -1.99. The average molecular weight is 201 g/mol. The van der Waals surface area contributed by atoms with Crippen LogP contribution in [0.3, 0.4) is 0 Å². The highest BCUT2D eigenvalue weighted by atomic mass is 35.5. The molecule has 0 aliphatic heterocycles. The third-order valence-electron chi connectivity index (χ3n) is 1.98. The molecule has 0 spiro atoms. The van der Waals surface area contributed by atoms with Crippen molar-refractivity contribution < 1.29 is 4.79 Å². The van der Waals surface area contributed by atoms with Gasteiger partial charge in [0.1, 0.15) is 5.78 Å². The van der Waals surface area contributed by atoms with Crippen LogP contribution >= 0.6 is 11.6 Å². The fourth-order valence-electron chi connectivity index (χ4n) is 1.25. The van der Waals surface area contributed by atoms with Crippen molar-refractivity contribution in [1.29, 1.82) is 0 Å². The summed E-state index contributed by atoms with van der Waals surface area (Å²) >= 11 is 6.00. The molecule has 1 heterocycles. The summed E-state index contributed by atoms with van der Waals surface area (Å²) in [5.41, 5.74) is 1.76. The first-order chi connectivity index (χ1) is 6.02. The van der Waals surface area contributed by atoms with Crippen LogP contribution in [0.25, 0.3) is 0 Å². The lowest BCUT2D eigenvalue weighted by Crippen LogP contribution is -2.01. The van der Waals surface area contributed by atoms with Crippen LogP contribution in [-0.4, -0.2) is 15.6 Å². The first-order valence-corrected chi connectivity index (χ1v) is 4.57. The van der Waals surface area contributed by atoms with E-state index in [9.17, 15) is 4.79 Å². The van der Waals surface area contributed by atoms with Crippen LogP contribution in [0.2, 0.25) is 5.02 Å². The Labute approximate surface area is 82.7 Å². The number of halogens is 1. The minimum absolute atomic E-state index is 0.176. The Balaban J connectivity index is 2.81. The highest BCUT2D eigenvalue weighted by Crippen LogP contribution is 2.20. The zero-order chi connectivity index (χ0) is 10.0. The van der Waals surface area contributed by atoms with E-state index in [4.69, 9.17) is 11.6 Å². The molecule has 4 heteroatoms. The SMILES string of the molecule is CC(=O)CCc1c(Cl)c(C)nn1C. The molecule has 3 nitrogen and oxygen atoms in total. The number of hydrogen-bond acceptors (Lipinski definition) is 2. The van der Waals surface area contributed by atoms with Gasteiger partial charge in [-0.15, -0.1) is 0 Å². The van der Waals surface area contributed by atoms with Crippen molar-refractivity contribution >= 4 is 17.4 Å². The van der Waals surface area contributed by atoms with Gasteiger partial charge in [-0.2, -0.15) is 5.10 Å². The van der Waals surface area contributed by atoms with E-state index < -0.39 is 0 Å². The number of carbonyl (C=O) groups is 1. The molecule has 1 rings (SSSR count). The van der Waals surface area contributed by atoms with Gasteiger partial charge in [-0.05, 0) is 20.3 Å². The second kappa shape index (κ2) is 3.92. The number of aryl methyl sites for hydroxylation is 2. The van der Waals surface area contributed by atoms with E-state index in [1.54, 1.807) is 11.6 Å². The number of carbonyl (C=O) groups excluding carboxylic acids is 1. The van der Waals surface area contributed by atoms with E-state index in [2.05, 4.69) is 5.10 Å². The Bertz CT molecular complexity index is 331. The van der Waals surface area contributed by atoms with Crippen LogP contribution in [-0.2, 0) is 18.3 Å². The van der Waals surface area contributed by atoms with Gasteiger partial charge < -0.3 is 4.79 Å². The molecule has 0 aliphatic rings. The van der Waals surface area contributed by atoms with Crippen molar-refractivity contribution in [3.8, 4) is 0 Å². The summed E-state index contributed by atoms with van der Waals surface area (Å²) < 4.78 is 1.74. The molecular formula is C9H13ClN2O. The van der Waals surface area contributed by atoms with Gasteiger partial charge in [0, 0.05) is 13.5 Å². The van der Waals surface area contributed by atoms with Gasteiger partial charge in [0.25, 0.3) is 0 Å². The van der Waals surface area contributed by atoms with Gasteiger partial charge in [-0.1, -0.05) is 11.6 Å². The number of ketones is 1.